The molecule has 4 nitrogen and oxygen atoms in total. The van der Waals surface area contributed by atoms with Gasteiger partial charge in [-0.05, 0) is 37.4 Å². The first-order valence-electron chi connectivity index (χ1n) is 6.63. The van der Waals surface area contributed by atoms with Crippen molar-refractivity contribution < 1.29 is 9.90 Å². The molecule has 0 saturated carbocycles. The Labute approximate surface area is 128 Å². The molecular formula is C14H18Cl2N2O2. The number of piperidine rings is 1. The molecule has 1 heterocycles. The minimum Gasteiger partial charge on any atom is -0.508 e. The lowest BCUT2D eigenvalue weighted by molar-refractivity contribution is -0.119. The van der Waals surface area contributed by atoms with Crippen molar-refractivity contribution in [2.45, 2.75) is 31.7 Å². The summed E-state index contributed by atoms with van der Waals surface area (Å²) in [6.45, 7) is 2.89. The lowest BCUT2D eigenvalue weighted by Gasteiger charge is -2.31. The summed E-state index contributed by atoms with van der Waals surface area (Å²) in [6.07, 6.45) is 1.68. The fourth-order valence-electron chi connectivity index (χ4n) is 2.64. The van der Waals surface area contributed by atoms with Crippen LogP contribution in [0.5, 0.6) is 5.75 Å². The van der Waals surface area contributed by atoms with Gasteiger partial charge in [0.1, 0.15) is 5.75 Å². The first kappa shape index (κ1) is 15.4. The zero-order valence-electron chi connectivity index (χ0n) is 11.2. The second-order valence-corrected chi connectivity index (χ2v) is 5.89. The molecule has 2 atom stereocenters. The second kappa shape index (κ2) is 6.66. The maximum Gasteiger partial charge on any atom is 0.216 e. The van der Waals surface area contributed by atoms with Gasteiger partial charge in [0, 0.05) is 25.1 Å². The van der Waals surface area contributed by atoms with Gasteiger partial charge in [-0.25, -0.2) is 0 Å². The summed E-state index contributed by atoms with van der Waals surface area (Å²) >= 11 is 12.3. The third-order valence-electron chi connectivity index (χ3n) is 3.61. The fourth-order valence-corrected chi connectivity index (χ4v) is 3.11. The molecule has 1 aromatic rings. The van der Waals surface area contributed by atoms with Gasteiger partial charge in [0.25, 0.3) is 0 Å². The van der Waals surface area contributed by atoms with Crippen molar-refractivity contribution in [3.63, 3.8) is 0 Å². The summed E-state index contributed by atoms with van der Waals surface area (Å²) in [5.74, 6) is 0.281. The van der Waals surface area contributed by atoms with Crippen LogP contribution in [-0.2, 0) is 4.79 Å². The summed E-state index contributed by atoms with van der Waals surface area (Å²) in [5.41, 5.74) is 0.716. The Morgan fingerprint density at radius 3 is 2.95 bits per heavy atom. The number of amides is 1. The van der Waals surface area contributed by atoms with Crippen LogP contribution < -0.4 is 10.6 Å². The number of phenolic OH excluding ortho intramolecular Hbond substituents is 1. The predicted octanol–water partition coefficient (Wildman–Crippen LogP) is 2.67. The number of hydrogen-bond donors (Lipinski definition) is 3. The highest BCUT2D eigenvalue weighted by Crippen LogP contribution is 2.41. The molecule has 0 bridgehead atoms. The van der Waals surface area contributed by atoms with Gasteiger partial charge in [-0.15, -0.1) is 0 Å². The van der Waals surface area contributed by atoms with Crippen molar-refractivity contribution >= 4 is 29.1 Å². The molecule has 1 amide bonds. The smallest absolute Gasteiger partial charge is 0.216 e. The van der Waals surface area contributed by atoms with Crippen molar-refractivity contribution in [3.8, 4) is 5.75 Å². The lowest BCUT2D eigenvalue weighted by atomic mass is 9.85. The molecule has 3 N–H and O–H groups in total. The summed E-state index contributed by atoms with van der Waals surface area (Å²) < 4.78 is 0. The van der Waals surface area contributed by atoms with E-state index in [0.29, 0.717) is 22.2 Å². The largest absolute Gasteiger partial charge is 0.508 e. The van der Waals surface area contributed by atoms with Crippen LogP contribution in [0.25, 0.3) is 0 Å². The minimum absolute atomic E-state index is 0.0439. The number of nitrogens with one attached hydrogen (secondary N) is 2. The number of carbonyl (C=O) groups excluding carboxylic acids is 1. The van der Waals surface area contributed by atoms with Gasteiger partial charge < -0.3 is 15.7 Å². The number of carbonyl (C=O) groups is 1. The average Bonchev–Trinajstić information content (AvgIpc) is 2.42. The van der Waals surface area contributed by atoms with E-state index in [1.54, 1.807) is 12.1 Å². The summed E-state index contributed by atoms with van der Waals surface area (Å²) in [6, 6.07) is 3.35. The molecule has 2 rings (SSSR count). The first-order chi connectivity index (χ1) is 9.49. The summed E-state index contributed by atoms with van der Waals surface area (Å²) in [4.78, 5) is 11.0. The monoisotopic (exact) mass is 316 g/mol. The normalized spacial score (nSPS) is 22.6. The molecule has 0 unspecified atom stereocenters. The highest BCUT2D eigenvalue weighted by Gasteiger charge is 2.27. The van der Waals surface area contributed by atoms with E-state index < -0.39 is 0 Å². The quantitative estimate of drug-likeness (QED) is 0.803. The van der Waals surface area contributed by atoms with Crippen LogP contribution in [0.15, 0.2) is 12.1 Å². The number of benzene rings is 1. The van der Waals surface area contributed by atoms with E-state index >= 15 is 0 Å². The molecule has 1 aromatic carbocycles. The van der Waals surface area contributed by atoms with Crippen LogP contribution in [0.1, 0.15) is 31.2 Å². The summed E-state index contributed by atoms with van der Waals surface area (Å²) in [7, 11) is 0. The van der Waals surface area contributed by atoms with Crippen LogP contribution >= 0.6 is 23.2 Å². The Hall–Kier alpha value is -0.970. The summed E-state index contributed by atoms with van der Waals surface area (Å²) in [5, 5.41) is 17.1. The maximum atomic E-state index is 11.0. The number of phenols is 1. The van der Waals surface area contributed by atoms with E-state index in [1.807, 2.05) is 0 Å². The van der Waals surface area contributed by atoms with E-state index in [1.165, 1.54) is 6.92 Å². The molecule has 0 spiro atoms. The third kappa shape index (κ3) is 3.57. The maximum absolute atomic E-state index is 11.0. The van der Waals surface area contributed by atoms with Crippen LogP contribution in [-0.4, -0.2) is 30.1 Å². The predicted molar refractivity (Wildman–Crippen MR) is 80.6 cm³/mol. The van der Waals surface area contributed by atoms with Gasteiger partial charge in [-0.2, -0.15) is 0 Å². The van der Waals surface area contributed by atoms with Crippen molar-refractivity contribution in [1.82, 2.24) is 10.6 Å². The minimum atomic E-state index is -0.0439. The van der Waals surface area contributed by atoms with E-state index in [2.05, 4.69) is 10.6 Å². The Balaban J connectivity index is 2.13. The van der Waals surface area contributed by atoms with Crippen LogP contribution in [0, 0.1) is 0 Å². The number of halogens is 2. The SMILES string of the molecule is CC(=O)NC[C@H]1C[C@@H](c2c(O)ccc(Cl)c2Cl)CCN1. The van der Waals surface area contributed by atoms with Crippen molar-refractivity contribution in [2.75, 3.05) is 13.1 Å². The molecule has 6 heteroatoms. The van der Waals surface area contributed by atoms with Gasteiger partial charge in [-0.1, -0.05) is 23.2 Å². The van der Waals surface area contributed by atoms with Crippen molar-refractivity contribution in [1.29, 1.82) is 0 Å². The molecule has 1 aliphatic rings. The fraction of sp³-hybridized carbons (Fsp3) is 0.500. The van der Waals surface area contributed by atoms with Crippen molar-refractivity contribution in [2.24, 2.45) is 0 Å². The second-order valence-electron chi connectivity index (χ2n) is 5.10. The molecule has 1 saturated heterocycles. The highest BCUT2D eigenvalue weighted by atomic mass is 35.5. The molecule has 1 fully saturated rings. The van der Waals surface area contributed by atoms with Gasteiger partial charge >= 0.3 is 0 Å². The molecule has 110 valence electrons. The third-order valence-corrected chi connectivity index (χ3v) is 4.43. The number of rotatable bonds is 3. The Bertz CT molecular complexity index is 508. The average molecular weight is 317 g/mol. The van der Waals surface area contributed by atoms with Gasteiger partial charge in [0.05, 0.1) is 10.0 Å². The van der Waals surface area contributed by atoms with Gasteiger partial charge in [0.2, 0.25) is 5.91 Å². The number of hydrogen-bond acceptors (Lipinski definition) is 3. The zero-order valence-corrected chi connectivity index (χ0v) is 12.8. The Morgan fingerprint density at radius 1 is 1.50 bits per heavy atom. The molecule has 0 radical (unpaired) electrons. The van der Waals surface area contributed by atoms with Crippen molar-refractivity contribution in [3.05, 3.63) is 27.7 Å². The highest BCUT2D eigenvalue weighted by molar-refractivity contribution is 6.42. The Kier molecular flexibility index (Phi) is 5.13. The number of aromatic hydroxyl groups is 1. The van der Waals surface area contributed by atoms with E-state index in [-0.39, 0.29) is 23.6 Å². The lowest BCUT2D eigenvalue weighted by Crippen LogP contribution is -2.45. The van der Waals surface area contributed by atoms with E-state index in [4.69, 9.17) is 23.2 Å². The molecule has 0 aliphatic carbocycles. The standard InChI is InChI=1S/C14H18Cl2N2O2/c1-8(19)18-7-10-6-9(4-5-17-10)13-12(20)3-2-11(15)14(13)16/h2-3,9-10,17,20H,4-7H2,1H3,(H,18,19)/t9-,10+/m0/s1. The first-order valence-corrected chi connectivity index (χ1v) is 7.39. The Morgan fingerprint density at radius 2 is 2.25 bits per heavy atom. The molecule has 1 aliphatic heterocycles. The topological polar surface area (TPSA) is 61.4 Å². The van der Waals surface area contributed by atoms with Crippen LogP contribution in [0.4, 0.5) is 0 Å². The van der Waals surface area contributed by atoms with Gasteiger partial charge in [-0.3, -0.25) is 4.79 Å². The van der Waals surface area contributed by atoms with Crippen LogP contribution in [0.3, 0.4) is 0 Å². The van der Waals surface area contributed by atoms with Crippen LogP contribution in [0.2, 0.25) is 10.0 Å². The van der Waals surface area contributed by atoms with Gasteiger partial charge in [0.15, 0.2) is 0 Å². The van der Waals surface area contributed by atoms with E-state index in [9.17, 15) is 9.90 Å². The molecule has 0 aromatic heterocycles. The molecular weight excluding hydrogens is 299 g/mol. The molecule has 20 heavy (non-hydrogen) atoms. The van der Waals surface area contributed by atoms with E-state index in [0.717, 1.165) is 19.4 Å². The zero-order chi connectivity index (χ0) is 14.7.